The van der Waals surface area contributed by atoms with Gasteiger partial charge in [0, 0.05) is 38.0 Å². The number of anilines is 1. The molecular formula is C13H20N4O3. The molecule has 7 nitrogen and oxygen atoms in total. The molecule has 0 heterocycles. The molecule has 1 rings (SSSR count). The van der Waals surface area contributed by atoms with Gasteiger partial charge in [0.25, 0.3) is 5.91 Å². The number of primary amides is 1. The van der Waals surface area contributed by atoms with E-state index in [0.29, 0.717) is 30.9 Å². The zero-order valence-corrected chi connectivity index (χ0v) is 11.4. The summed E-state index contributed by atoms with van der Waals surface area (Å²) in [4.78, 5) is 22.4. The number of nitrogens with two attached hydrogens (primary N) is 1. The smallest absolute Gasteiger partial charge is 0.316 e. The van der Waals surface area contributed by atoms with E-state index < -0.39 is 6.03 Å². The van der Waals surface area contributed by atoms with Crippen LogP contribution in [0.3, 0.4) is 0 Å². The summed E-state index contributed by atoms with van der Waals surface area (Å²) in [6.45, 7) is 2.60. The van der Waals surface area contributed by atoms with Gasteiger partial charge < -0.3 is 26.4 Å². The summed E-state index contributed by atoms with van der Waals surface area (Å²) < 4.78 is 4.89. The van der Waals surface area contributed by atoms with Crippen molar-refractivity contribution in [1.29, 1.82) is 0 Å². The third-order valence-corrected chi connectivity index (χ3v) is 2.48. The highest BCUT2D eigenvalue weighted by Gasteiger charge is 2.04. The van der Waals surface area contributed by atoms with Crippen LogP contribution in [0, 0.1) is 0 Å². The summed E-state index contributed by atoms with van der Waals surface area (Å²) in [6, 6.07) is 5.86. The molecule has 0 aliphatic carbocycles. The molecular weight excluding hydrogens is 260 g/mol. The highest BCUT2D eigenvalue weighted by atomic mass is 16.5. The van der Waals surface area contributed by atoms with Gasteiger partial charge in [0.15, 0.2) is 0 Å². The molecule has 0 aromatic heterocycles. The van der Waals surface area contributed by atoms with Crippen molar-refractivity contribution in [3.05, 3.63) is 29.8 Å². The summed E-state index contributed by atoms with van der Waals surface area (Å²) >= 11 is 0. The van der Waals surface area contributed by atoms with Gasteiger partial charge in [-0.25, -0.2) is 4.79 Å². The van der Waals surface area contributed by atoms with Crippen LogP contribution in [0.25, 0.3) is 0 Å². The van der Waals surface area contributed by atoms with Crippen LogP contribution in [0.4, 0.5) is 10.5 Å². The molecule has 0 bridgehead atoms. The van der Waals surface area contributed by atoms with E-state index in [1.165, 1.54) is 0 Å². The van der Waals surface area contributed by atoms with Gasteiger partial charge in [-0.05, 0) is 24.3 Å². The minimum atomic E-state index is -0.635. The van der Waals surface area contributed by atoms with E-state index in [1.807, 2.05) is 0 Å². The largest absolute Gasteiger partial charge is 0.383 e. The molecule has 0 atom stereocenters. The molecule has 1 aromatic rings. The second-order valence-electron chi connectivity index (χ2n) is 4.07. The van der Waals surface area contributed by atoms with Gasteiger partial charge in [-0.1, -0.05) is 0 Å². The number of urea groups is 1. The Bertz CT molecular complexity index is 434. The summed E-state index contributed by atoms with van der Waals surface area (Å²) in [5, 5.41) is 8.33. The highest BCUT2D eigenvalue weighted by Crippen LogP contribution is 2.08. The van der Waals surface area contributed by atoms with Crippen molar-refractivity contribution < 1.29 is 14.3 Å². The van der Waals surface area contributed by atoms with Gasteiger partial charge in [0.05, 0.1) is 6.61 Å². The monoisotopic (exact) mass is 280 g/mol. The fourth-order valence-corrected chi connectivity index (χ4v) is 1.51. The molecule has 5 N–H and O–H groups in total. The Morgan fingerprint density at radius 3 is 2.45 bits per heavy atom. The molecule has 110 valence electrons. The van der Waals surface area contributed by atoms with E-state index in [1.54, 1.807) is 31.4 Å². The van der Waals surface area contributed by atoms with E-state index in [9.17, 15) is 9.59 Å². The number of ether oxygens (including phenoxy) is 1. The maximum atomic E-state index is 11.8. The first-order valence-corrected chi connectivity index (χ1v) is 6.28. The number of methoxy groups -OCH3 is 1. The number of carbonyl (C=O) groups is 2. The van der Waals surface area contributed by atoms with Crippen LogP contribution in [0.2, 0.25) is 0 Å². The summed E-state index contributed by atoms with van der Waals surface area (Å²) in [7, 11) is 1.64. The lowest BCUT2D eigenvalue weighted by atomic mass is 10.2. The third kappa shape index (κ3) is 6.17. The fourth-order valence-electron chi connectivity index (χ4n) is 1.51. The van der Waals surface area contributed by atoms with E-state index in [2.05, 4.69) is 16.0 Å². The fraction of sp³-hybridized carbons (Fsp3) is 0.385. The summed E-state index contributed by atoms with van der Waals surface area (Å²) in [5.74, 6) is -0.163. The summed E-state index contributed by atoms with van der Waals surface area (Å²) in [5.41, 5.74) is 6.07. The molecule has 0 saturated carbocycles. The Morgan fingerprint density at radius 2 is 1.85 bits per heavy atom. The second-order valence-corrected chi connectivity index (χ2v) is 4.07. The Kier molecular flexibility index (Phi) is 7.08. The molecule has 20 heavy (non-hydrogen) atoms. The maximum absolute atomic E-state index is 11.8. The minimum absolute atomic E-state index is 0.163. The average molecular weight is 280 g/mol. The molecule has 0 radical (unpaired) electrons. The Hall–Kier alpha value is -2.12. The first-order chi connectivity index (χ1) is 9.63. The highest BCUT2D eigenvalue weighted by molar-refractivity contribution is 5.95. The topological polar surface area (TPSA) is 105 Å². The number of hydrogen-bond donors (Lipinski definition) is 4. The quantitative estimate of drug-likeness (QED) is 0.508. The molecule has 0 fully saturated rings. The second kappa shape index (κ2) is 8.89. The Morgan fingerprint density at radius 1 is 1.15 bits per heavy atom. The zero-order chi connectivity index (χ0) is 14.8. The average Bonchev–Trinajstić information content (AvgIpc) is 2.42. The number of nitrogens with one attached hydrogen (secondary N) is 3. The van der Waals surface area contributed by atoms with Crippen molar-refractivity contribution >= 4 is 17.6 Å². The van der Waals surface area contributed by atoms with E-state index in [-0.39, 0.29) is 5.91 Å². The number of benzene rings is 1. The Labute approximate surface area is 117 Å². The number of rotatable bonds is 8. The van der Waals surface area contributed by atoms with Gasteiger partial charge in [-0.2, -0.15) is 0 Å². The maximum Gasteiger partial charge on any atom is 0.316 e. The third-order valence-electron chi connectivity index (χ3n) is 2.48. The number of carbonyl (C=O) groups excluding carboxylic acids is 2. The van der Waals surface area contributed by atoms with Crippen molar-refractivity contribution in [2.75, 3.05) is 38.7 Å². The summed E-state index contributed by atoms with van der Waals surface area (Å²) in [6.07, 6.45) is 0. The predicted octanol–water partition coefficient (Wildman–Crippen LogP) is 0.143. The lowest BCUT2D eigenvalue weighted by molar-refractivity contribution is 0.0953. The molecule has 7 heteroatoms. The molecule has 0 saturated heterocycles. The molecule has 0 spiro atoms. The van der Waals surface area contributed by atoms with Crippen molar-refractivity contribution in [3.8, 4) is 0 Å². The zero-order valence-electron chi connectivity index (χ0n) is 11.4. The molecule has 1 aromatic carbocycles. The molecule has 0 unspecified atom stereocenters. The lowest BCUT2D eigenvalue weighted by Crippen LogP contribution is -2.33. The van der Waals surface area contributed by atoms with Crippen LogP contribution in [0.1, 0.15) is 10.4 Å². The predicted molar refractivity (Wildman–Crippen MR) is 76.7 cm³/mol. The van der Waals surface area contributed by atoms with E-state index >= 15 is 0 Å². The molecule has 0 aliphatic heterocycles. The van der Waals surface area contributed by atoms with Crippen LogP contribution in [-0.2, 0) is 4.74 Å². The number of amides is 3. The van der Waals surface area contributed by atoms with Gasteiger partial charge >= 0.3 is 6.03 Å². The van der Waals surface area contributed by atoms with Crippen LogP contribution < -0.4 is 21.7 Å². The van der Waals surface area contributed by atoms with Crippen molar-refractivity contribution in [1.82, 2.24) is 10.6 Å². The van der Waals surface area contributed by atoms with Crippen LogP contribution >= 0.6 is 0 Å². The van der Waals surface area contributed by atoms with Gasteiger partial charge in [-0.15, -0.1) is 0 Å². The molecule has 3 amide bonds. The Balaban J connectivity index is 2.30. The first kappa shape index (κ1) is 15.9. The van der Waals surface area contributed by atoms with Gasteiger partial charge in [-0.3, -0.25) is 4.79 Å². The SMILES string of the molecule is COCCNCCNC(=O)c1ccc(NC(N)=O)cc1. The van der Waals surface area contributed by atoms with E-state index in [4.69, 9.17) is 10.5 Å². The van der Waals surface area contributed by atoms with Crippen LogP contribution in [0.15, 0.2) is 24.3 Å². The first-order valence-electron chi connectivity index (χ1n) is 6.28. The normalized spacial score (nSPS) is 10.1. The van der Waals surface area contributed by atoms with Crippen molar-refractivity contribution in [2.24, 2.45) is 5.73 Å². The van der Waals surface area contributed by atoms with Crippen molar-refractivity contribution in [2.45, 2.75) is 0 Å². The standard InChI is InChI=1S/C13H20N4O3/c1-20-9-8-15-6-7-16-12(18)10-2-4-11(5-3-10)17-13(14)19/h2-5,15H,6-9H2,1H3,(H,16,18)(H3,14,17,19). The van der Waals surface area contributed by atoms with Gasteiger partial charge in [0.1, 0.15) is 0 Å². The number of hydrogen-bond acceptors (Lipinski definition) is 4. The van der Waals surface area contributed by atoms with Crippen molar-refractivity contribution in [3.63, 3.8) is 0 Å². The molecule has 0 aliphatic rings. The minimum Gasteiger partial charge on any atom is -0.383 e. The van der Waals surface area contributed by atoms with E-state index in [0.717, 1.165) is 6.54 Å². The van der Waals surface area contributed by atoms with Crippen LogP contribution in [0.5, 0.6) is 0 Å². The van der Waals surface area contributed by atoms with Gasteiger partial charge in [0.2, 0.25) is 0 Å². The van der Waals surface area contributed by atoms with Crippen LogP contribution in [-0.4, -0.2) is 45.3 Å². The lowest BCUT2D eigenvalue weighted by Gasteiger charge is -2.07.